The fourth-order valence-corrected chi connectivity index (χ4v) is 1.52. The van der Waals surface area contributed by atoms with Crippen molar-refractivity contribution in [3.05, 3.63) is 35.1 Å². The second-order valence-corrected chi connectivity index (χ2v) is 3.96. The van der Waals surface area contributed by atoms with E-state index >= 15 is 0 Å². The molecular weight excluding hydrogens is 196 g/mol. The minimum Gasteiger partial charge on any atom is -0.251 e. The first kappa shape index (κ1) is 9.41. The highest BCUT2D eigenvalue weighted by molar-refractivity contribution is 6.34. The molecule has 0 atom stereocenters. The summed E-state index contributed by atoms with van der Waals surface area (Å²) >= 11 is 5.99. The molecule has 0 saturated carbocycles. The maximum absolute atomic E-state index is 5.99. The van der Waals surface area contributed by atoms with Crippen molar-refractivity contribution in [2.24, 2.45) is 0 Å². The van der Waals surface area contributed by atoms with Crippen molar-refractivity contribution in [3.63, 3.8) is 0 Å². The number of aromatic nitrogens is 2. The van der Waals surface area contributed by atoms with Crippen molar-refractivity contribution in [2.75, 3.05) is 0 Å². The highest BCUT2D eigenvalue weighted by atomic mass is 35.5. The molecule has 14 heavy (non-hydrogen) atoms. The van der Waals surface area contributed by atoms with Crippen LogP contribution in [-0.4, -0.2) is 9.97 Å². The minimum atomic E-state index is 0.394. The van der Waals surface area contributed by atoms with Gasteiger partial charge in [0, 0.05) is 6.20 Å². The van der Waals surface area contributed by atoms with E-state index in [-0.39, 0.29) is 0 Å². The number of para-hydroxylation sites is 1. The summed E-state index contributed by atoms with van der Waals surface area (Å²) in [4.78, 5) is 8.80. The third-order valence-electron chi connectivity index (χ3n) is 2.13. The van der Waals surface area contributed by atoms with Crippen molar-refractivity contribution in [2.45, 2.75) is 19.8 Å². The number of rotatable bonds is 1. The molecule has 0 fully saturated rings. The summed E-state index contributed by atoms with van der Waals surface area (Å²) in [7, 11) is 0. The molecule has 0 amide bonds. The molecule has 1 aromatic heterocycles. The topological polar surface area (TPSA) is 25.8 Å². The van der Waals surface area contributed by atoms with E-state index in [2.05, 4.69) is 23.8 Å². The fourth-order valence-electron chi connectivity index (χ4n) is 1.30. The average Bonchev–Trinajstić information content (AvgIpc) is 2.17. The lowest BCUT2D eigenvalue weighted by Gasteiger charge is -2.05. The molecule has 0 radical (unpaired) electrons. The zero-order valence-corrected chi connectivity index (χ0v) is 8.92. The SMILES string of the molecule is CC(C)c1cnc2c(Cl)cccc2n1. The summed E-state index contributed by atoms with van der Waals surface area (Å²) in [5.74, 6) is 0.394. The van der Waals surface area contributed by atoms with Crippen molar-refractivity contribution in [1.82, 2.24) is 9.97 Å². The van der Waals surface area contributed by atoms with Crippen LogP contribution in [0.3, 0.4) is 0 Å². The van der Waals surface area contributed by atoms with Gasteiger partial charge in [-0.1, -0.05) is 31.5 Å². The van der Waals surface area contributed by atoms with E-state index < -0.39 is 0 Å². The molecule has 0 bridgehead atoms. The molecule has 0 aliphatic heterocycles. The Morgan fingerprint density at radius 1 is 1.29 bits per heavy atom. The molecular formula is C11H11ClN2. The van der Waals surface area contributed by atoms with Gasteiger partial charge in [-0.05, 0) is 18.1 Å². The number of halogens is 1. The van der Waals surface area contributed by atoms with Gasteiger partial charge in [0.15, 0.2) is 0 Å². The number of fused-ring (bicyclic) bond motifs is 1. The Hall–Kier alpha value is -1.15. The molecule has 2 rings (SSSR count). The predicted octanol–water partition coefficient (Wildman–Crippen LogP) is 3.41. The molecule has 2 nitrogen and oxygen atoms in total. The monoisotopic (exact) mass is 206 g/mol. The molecule has 72 valence electrons. The lowest BCUT2D eigenvalue weighted by Crippen LogP contribution is -1.94. The third-order valence-corrected chi connectivity index (χ3v) is 2.44. The van der Waals surface area contributed by atoms with E-state index in [1.807, 2.05) is 18.2 Å². The van der Waals surface area contributed by atoms with Crippen LogP contribution in [0.25, 0.3) is 11.0 Å². The first-order valence-electron chi connectivity index (χ1n) is 4.59. The number of hydrogen-bond donors (Lipinski definition) is 0. The number of hydrogen-bond acceptors (Lipinski definition) is 2. The van der Waals surface area contributed by atoms with Crippen LogP contribution in [0.15, 0.2) is 24.4 Å². The van der Waals surface area contributed by atoms with Crippen molar-refractivity contribution < 1.29 is 0 Å². The third kappa shape index (κ3) is 1.58. The van der Waals surface area contributed by atoms with Crippen LogP contribution in [0.2, 0.25) is 5.02 Å². The van der Waals surface area contributed by atoms with Gasteiger partial charge in [0.25, 0.3) is 0 Å². The largest absolute Gasteiger partial charge is 0.251 e. The standard InChI is InChI=1S/C11H11ClN2/c1-7(2)10-6-13-11-8(12)4-3-5-9(11)14-10/h3-7H,1-2H3. The van der Waals surface area contributed by atoms with Crippen LogP contribution >= 0.6 is 11.6 Å². The Balaban J connectivity index is 2.67. The van der Waals surface area contributed by atoms with Gasteiger partial charge in [-0.15, -0.1) is 0 Å². The smallest absolute Gasteiger partial charge is 0.107 e. The average molecular weight is 207 g/mol. The molecule has 0 N–H and O–H groups in total. The Morgan fingerprint density at radius 3 is 2.79 bits per heavy atom. The Kier molecular flexibility index (Phi) is 2.38. The predicted molar refractivity (Wildman–Crippen MR) is 58.6 cm³/mol. The van der Waals surface area contributed by atoms with E-state index in [0.717, 1.165) is 16.7 Å². The van der Waals surface area contributed by atoms with Gasteiger partial charge in [0.1, 0.15) is 5.52 Å². The summed E-state index contributed by atoms with van der Waals surface area (Å²) in [6.45, 7) is 4.20. The summed E-state index contributed by atoms with van der Waals surface area (Å²) in [5.41, 5.74) is 2.64. The van der Waals surface area contributed by atoms with Crippen LogP contribution in [0, 0.1) is 0 Å². The van der Waals surface area contributed by atoms with Gasteiger partial charge in [0.2, 0.25) is 0 Å². The van der Waals surface area contributed by atoms with Crippen LogP contribution in [0.4, 0.5) is 0 Å². The van der Waals surface area contributed by atoms with E-state index in [9.17, 15) is 0 Å². The molecule has 0 spiro atoms. The number of nitrogens with zero attached hydrogens (tertiary/aromatic N) is 2. The first-order valence-corrected chi connectivity index (χ1v) is 4.97. The van der Waals surface area contributed by atoms with E-state index in [4.69, 9.17) is 11.6 Å². The maximum Gasteiger partial charge on any atom is 0.107 e. The van der Waals surface area contributed by atoms with Gasteiger partial charge in [-0.25, -0.2) is 4.98 Å². The van der Waals surface area contributed by atoms with E-state index in [0.29, 0.717) is 10.9 Å². The molecule has 0 aliphatic carbocycles. The van der Waals surface area contributed by atoms with Crippen molar-refractivity contribution in [3.8, 4) is 0 Å². The Morgan fingerprint density at radius 2 is 2.07 bits per heavy atom. The molecule has 0 unspecified atom stereocenters. The second-order valence-electron chi connectivity index (χ2n) is 3.56. The van der Waals surface area contributed by atoms with Gasteiger partial charge >= 0.3 is 0 Å². The van der Waals surface area contributed by atoms with Crippen LogP contribution < -0.4 is 0 Å². The zero-order valence-electron chi connectivity index (χ0n) is 8.16. The van der Waals surface area contributed by atoms with E-state index in [1.54, 1.807) is 6.20 Å². The van der Waals surface area contributed by atoms with Crippen LogP contribution in [0.5, 0.6) is 0 Å². The van der Waals surface area contributed by atoms with Gasteiger partial charge < -0.3 is 0 Å². The zero-order chi connectivity index (χ0) is 10.1. The summed E-state index contributed by atoms with van der Waals surface area (Å²) in [5, 5.41) is 0.658. The molecule has 3 heteroatoms. The minimum absolute atomic E-state index is 0.394. The summed E-state index contributed by atoms with van der Waals surface area (Å²) in [6, 6.07) is 5.65. The Labute approximate surface area is 88.0 Å². The fraction of sp³-hybridized carbons (Fsp3) is 0.273. The molecule has 0 aliphatic rings. The van der Waals surface area contributed by atoms with Crippen molar-refractivity contribution in [1.29, 1.82) is 0 Å². The van der Waals surface area contributed by atoms with Crippen LogP contribution in [-0.2, 0) is 0 Å². The highest BCUT2D eigenvalue weighted by Crippen LogP contribution is 2.21. The molecule has 1 heterocycles. The lowest BCUT2D eigenvalue weighted by atomic mass is 10.1. The highest BCUT2D eigenvalue weighted by Gasteiger charge is 2.05. The Bertz CT molecular complexity index is 466. The summed E-state index contributed by atoms with van der Waals surface area (Å²) < 4.78 is 0. The quantitative estimate of drug-likeness (QED) is 0.715. The molecule has 2 aromatic rings. The lowest BCUT2D eigenvalue weighted by molar-refractivity contribution is 0.822. The van der Waals surface area contributed by atoms with Gasteiger partial charge in [0.05, 0.1) is 16.2 Å². The second kappa shape index (κ2) is 3.54. The normalized spacial score (nSPS) is 11.1. The summed E-state index contributed by atoms with van der Waals surface area (Å²) in [6.07, 6.45) is 1.79. The van der Waals surface area contributed by atoms with Gasteiger partial charge in [-0.3, -0.25) is 4.98 Å². The maximum atomic E-state index is 5.99. The number of benzene rings is 1. The van der Waals surface area contributed by atoms with Crippen LogP contribution in [0.1, 0.15) is 25.5 Å². The van der Waals surface area contributed by atoms with Gasteiger partial charge in [-0.2, -0.15) is 0 Å². The molecule has 1 aromatic carbocycles. The molecule has 0 saturated heterocycles. The first-order chi connectivity index (χ1) is 6.68. The van der Waals surface area contributed by atoms with Crippen molar-refractivity contribution >= 4 is 22.6 Å². The van der Waals surface area contributed by atoms with E-state index in [1.165, 1.54) is 0 Å².